The minimum absolute atomic E-state index is 0.0147. The monoisotopic (exact) mass is 605 g/mol. The molecule has 4 N–H and O–H groups in total. The number of methoxy groups -OCH3 is 1. The van der Waals surface area contributed by atoms with Gasteiger partial charge < -0.3 is 30.9 Å². The van der Waals surface area contributed by atoms with Crippen molar-refractivity contribution in [2.75, 3.05) is 43.5 Å². The third-order valence-electron chi connectivity index (χ3n) is 8.24. The maximum Gasteiger partial charge on any atom is 0.255 e. The van der Waals surface area contributed by atoms with Crippen LogP contribution in [-0.2, 0) is 0 Å². The van der Waals surface area contributed by atoms with Gasteiger partial charge in [-0.2, -0.15) is 0 Å². The van der Waals surface area contributed by atoms with E-state index in [1.165, 1.54) is 6.07 Å². The van der Waals surface area contributed by atoms with E-state index < -0.39 is 17.5 Å². The van der Waals surface area contributed by atoms with Crippen molar-refractivity contribution in [1.29, 1.82) is 0 Å². The first-order valence-corrected chi connectivity index (χ1v) is 14.9. The van der Waals surface area contributed by atoms with E-state index in [0.29, 0.717) is 60.9 Å². The van der Waals surface area contributed by atoms with Crippen molar-refractivity contribution >= 4 is 29.1 Å². The lowest BCUT2D eigenvalue weighted by molar-refractivity contribution is 0.0766. The highest BCUT2D eigenvalue weighted by molar-refractivity contribution is 6.07. The van der Waals surface area contributed by atoms with E-state index in [4.69, 9.17) is 10.5 Å². The molecule has 9 nitrogen and oxygen atoms in total. The van der Waals surface area contributed by atoms with E-state index in [1.807, 2.05) is 4.90 Å². The minimum Gasteiger partial charge on any atom is -0.497 e. The van der Waals surface area contributed by atoms with E-state index in [2.05, 4.69) is 10.6 Å². The normalized spacial score (nSPS) is 18.7. The smallest absolute Gasteiger partial charge is 0.255 e. The summed E-state index contributed by atoms with van der Waals surface area (Å²) < 4.78 is 32.7. The molecule has 2 fully saturated rings. The first kappa shape index (κ1) is 30.9. The van der Waals surface area contributed by atoms with Crippen LogP contribution in [0.15, 0.2) is 60.7 Å². The van der Waals surface area contributed by atoms with Crippen LogP contribution in [0.25, 0.3) is 0 Å². The van der Waals surface area contributed by atoms with Gasteiger partial charge in [-0.1, -0.05) is 6.07 Å². The van der Waals surface area contributed by atoms with Crippen LogP contribution in [0.3, 0.4) is 0 Å². The number of ether oxygens (including phenoxy) is 1. The fourth-order valence-corrected chi connectivity index (χ4v) is 5.72. The lowest BCUT2D eigenvalue weighted by Gasteiger charge is -2.28. The number of benzene rings is 3. The number of nitrogens with two attached hydrogens (primary N) is 1. The second kappa shape index (κ2) is 13.9. The molecule has 0 atom stereocenters. The van der Waals surface area contributed by atoms with Crippen molar-refractivity contribution < 1.29 is 27.9 Å². The maximum absolute atomic E-state index is 13.9. The van der Waals surface area contributed by atoms with E-state index in [-0.39, 0.29) is 29.5 Å². The van der Waals surface area contributed by atoms with Crippen LogP contribution in [0.4, 0.5) is 20.2 Å². The van der Waals surface area contributed by atoms with Crippen LogP contribution in [0.1, 0.15) is 63.2 Å². The molecule has 3 aromatic rings. The van der Waals surface area contributed by atoms with Gasteiger partial charge in [0, 0.05) is 55.0 Å². The zero-order chi connectivity index (χ0) is 31.2. The molecule has 0 spiro atoms. The predicted molar refractivity (Wildman–Crippen MR) is 164 cm³/mol. The first-order valence-electron chi connectivity index (χ1n) is 14.9. The fraction of sp³-hybridized carbons (Fsp3) is 0.364. The number of halogens is 2. The van der Waals surface area contributed by atoms with Crippen LogP contribution in [0, 0.1) is 11.6 Å². The number of nitrogens with one attached hydrogen (secondary N) is 2. The zero-order valence-corrected chi connectivity index (χ0v) is 24.7. The molecular weight excluding hydrogens is 568 g/mol. The molecule has 44 heavy (non-hydrogen) atoms. The number of amides is 3. The van der Waals surface area contributed by atoms with Crippen molar-refractivity contribution in [2.24, 2.45) is 5.73 Å². The van der Waals surface area contributed by atoms with Gasteiger partial charge in [-0.25, -0.2) is 8.78 Å². The van der Waals surface area contributed by atoms with Crippen molar-refractivity contribution in [3.8, 4) is 5.75 Å². The number of rotatable bonds is 7. The molecule has 0 aromatic heterocycles. The fourth-order valence-electron chi connectivity index (χ4n) is 5.72. The Morgan fingerprint density at radius 3 is 2.32 bits per heavy atom. The highest BCUT2D eigenvalue weighted by Gasteiger charge is 2.25. The van der Waals surface area contributed by atoms with E-state index in [1.54, 1.807) is 54.5 Å². The third-order valence-corrected chi connectivity index (χ3v) is 8.24. The van der Waals surface area contributed by atoms with Gasteiger partial charge in [-0.05, 0) is 86.7 Å². The van der Waals surface area contributed by atoms with Crippen LogP contribution in [0.5, 0.6) is 5.75 Å². The first-order chi connectivity index (χ1) is 21.2. The zero-order valence-electron chi connectivity index (χ0n) is 24.7. The summed E-state index contributed by atoms with van der Waals surface area (Å²) in [5, 5.41) is 5.88. The summed E-state index contributed by atoms with van der Waals surface area (Å²) in [5.41, 5.74) is 7.84. The topological polar surface area (TPSA) is 117 Å². The van der Waals surface area contributed by atoms with Gasteiger partial charge >= 0.3 is 0 Å². The molecule has 1 aliphatic heterocycles. The van der Waals surface area contributed by atoms with Crippen molar-refractivity contribution in [2.45, 2.75) is 44.2 Å². The second-order valence-electron chi connectivity index (χ2n) is 11.3. The van der Waals surface area contributed by atoms with Gasteiger partial charge in [0.15, 0.2) is 11.6 Å². The number of hydrogen-bond donors (Lipinski definition) is 3. The molecule has 5 rings (SSSR count). The molecule has 2 aliphatic rings. The summed E-state index contributed by atoms with van der Waals surface area (Å²) in [6, 6.07) is 15.2. The Kier molecular flexibility index (Phi) is 9.74. The van der Waals surface area contributed by atoms with Crippen molar-refractivity contribution in [3.63, 3.8) is 0 Å². The van der Waals surface area contributed by atoms with E-state index >= 15 is 0 Å². The Balaban J connectivity index is 1.37. The molecule has 1 saturated carbocycles. The minimum atomic E-state index is -1.13. The highest BCUT2D eigenvalue weighted by Crippen LogP contribution is 2.30. The molecule has 1 saturated heterocycles. The molecule has 232 valence electrons. The standard InChI is InChI=1S/C33H37F2N5O4/c1-44-26-5-2-4-23(18-26)33(43)40-15-3-14-39(16-17-40)30-13-7-22(31(41)37-25-10-8-24(36)9-11-25)20-29(30)38-32(42)21-6-12-27(34)28(35)19-21/h2,4-7,12-13,18-20,24-25H,3,8-11,14-17,36H2,1H3,(H,37,41)(H,38,42). The van der Waals surface area contributed by atoms with Crippen molar-refractivity contribution in [3.05, 3.63) is 89.0 Å². The summed E-state index contributed by atoms with van der Waals surface area (Å²) in [6.45, 7) is 2.02. The van der Waals surface area contributed by atoms with Gasteiger partial charge in [0.05, 0.1) is 18.5 Å². The lowest BCUT2D eigenvalue weighted by Crippen LogP contribution is -2.40. The molecule has 11 heteroatoms. The molecule has 1 heterocycles. The number of hydrogen-bond acceptors (Lipinski definition) is 6. The molecule has 3 aromatic carbocycles. The van der Waals surface area contributed by atoms with Gasteiger partial charge in [0.1, 0.15) is 5.75 Å². The average molecular weight is 606 g/mol. The van der Waals surface area contributed by atoms with Crippen molar-refractivity contribution in [1.82, 2.24) is 10.2 Å². The Morgan fingerprint density at radius 1 is 0.818 bits per heavy atom. The predicted octanol–water partition coefficient (Wildman–Crippen LogP) is 4.58. The molecule has 0 unspecified atom stereocenters. The van der Waals surface area contributed by atoms with Crippen LogP contribution in [-0.4, -0.2) is 68.0 Å². The van der Waals surface area contributed by atoms with Crippen LogP contribution >= 0.6 is 0 Å². The van der Waals surface area contributed by atoms with Crippen LogP contribution in [0.2, 0.25) is 0 Å². The third kappa shape index (κ3) is 7.34. The quantitative estimate of drug-likeness (QED) is 0.363. The second-order valence-corrected chi connectivity index (χ2v) is 11.3. The Morgan fingerprint density at radius 2 is 1.57 bits per heavy atom. The number of carbonyl (C=O) groups excluding carboxylic acids is 3. The van der Waals surface area contributed by atoms with Gasteiger partial charge in [0.25, 0.3) is 17.7 Å². The maximum atomic E-state index is 13.9. The lowest BCUT2D eigenvalue weighted by atomic mass is 9.91. The molecule has 3 amide bonds. The number of carbonyl (C=O) groups is 3. The molecule has 0 bridgehead atoms. The Hall–Kier alpha value is -4.51. The largest absolute Gasteiger partial charge is 0.497 e. The number of anilines is 2. The van der Waals surface area contributed by atoms with Gasteiger partial charge in [-0.3, -0.25) is 14.4 Å². The average Bonchev–Trinajstić information content (AvgIpc) is 3.29. The van der Waals surface area contributed by atoms with Gasteiger partial charge in [0.2, 0.25) is 0 Å². The molecular formula is C33H37F2N5O4. The van der Waals surface area contributed by atoms with Crippen LogP contribution < -0.4 is 26.0 Å². The molecule has 0 radical (unpaired) electrons. The summed E-state index contributed by atoms with van der Waals surface area (Å²) in [5.74, 6) is -2.60. The summed E-state index contributed by atoms with van der Waals surface area (Å²) >= 11 is 0. The summed E-state index contributed by atoms with van der Waals surface area (Å²) in [6.07, 6.45) is 3.93. The SMILES string of the molecule is COc1cccc(C(=O)N2CCCN(c3ccc(C(=O)NC4CCC(N)CC4)cc3NC(=O)c3ccc(F)c(F)c3)CC2)c1. The Bertz CT molecular complexity index is 1530. The summed E-state index contributed by atoms with van der Waals surface area (Å²) in [4.78, 5) is 43.5. The van der Waals surface area contributed by atoms with Gasteiger partial charge in [-0.15, -0.1) is 0 Å². The van der Waals surface area contributed by atoms with E-state index in [0.717, 1.165) is 37.8 Å². The highest BCUT2D eigenvalue weighted by atomic mass is 19.2. The number of nitrogens with zero attached hydrogens (tertiary/aromatic N) is 2. The Labute approximate surface area is 255 Å². The molecule has 1 aliphatic carbocycles. The summed E-state index contributed by atoms with van der Waals surface area (Å²) in [7, 11) is 1.55. The van der Waals surface area contributed by atoms with E-state index in [9.17, 15) is 23.2 Å².